The van der Waals surface area contributed by atoms with Crippen LogP contribution < -0.4 is 14.8 Å². The molecule has 0 unspecified atom stereocenters. The number of aromatic nitrogens is 1. The highest BCUT2D eigenvalue weighted by Crippen LogP contribution is 2.35. The molecule has 1 aliphatic heterocycles. The van der Waals surface area contributed by atoms with Crippen molar-refractivity contribution in [2.75, 3.05) is 6.61 Å². The molecule has 1 aliphatic rings. The Morgan fingerprint density at radius 1 is 1.32 bits per heavy atom. The zero-order chi connectivity index (χ0) is 18.0. The highest BCUT2D eigenvalue weighted by atomic mass is 35.5. The molecule has 7 heteroatoms. The Hall–Kier alpha value is -1.98. The number of amides is 1. The molecule has 0 fully saturated rings. The first-order valence-corrected chi connectivity index (χ1v) is 8.78. The van der Waals surface area contributed by atoms with Gasteiger partial charge in [-0.15, -0.1) is 0 Å². The maximum atomic E-state index is 12.3. The Kier molecular flexibility index (Phi) is 5.35. The minimum Gasteiger partial charge on any atom is -0.494 e. The lowest BCUT2D eigenvalue weighted by molar-refractivity contribution is 0.0950. The number of carbonyl (C=O) groups is 1. The van der Waals surface area contributed by atoms with Crippen molar-refractivity contribution in [3.8, 4) is 11.5 Å². The van der Waals surface area contributed by atoms with Crippen LogP contribution in [0.2, 0.25) is 10.3 Å². The summed E-state index contributed by atoms with van der Waals surface area (Å²) in [5, 5.41) is 3.20. The number of benzene rings is 1. The van der Waals surface area contributed by atoms with Gasteiger partial charge in [0, 0.05) is 29.7 Å². The van der Waals surface area contributed by atoms with E-state index in [-0.39, 0.29) is 22.3 Å². The lowest BCUT2D eigenvalue weighted by atomic mass is 10.1. The average molecular weight is 381 g/mol. The normalized spacial score (nSPS) is 15.4. The number of carbonyl (C=O) groups excluding carboxylic acids is 1. The molecule has 25 heavy (non-hydrogen) atoms. The lowest BCUT2D eigenvalue weighted by Gasteiger charge is -2.13. The average Bonchev–Trinajstić information content (AvgIpc) is 2.90. The lowest BCUT2D eigenvalue weighted by Crippen LogP contribution is -2.23. The number of hydrogen-bond acceptors (Lipinski definition) is 4. The molecule has 1 aromatic carbocycles. The van der Waals surface area contributed by atoms with E-state index in [0.29, 0.717) is 18.7 Å². The number of fused-ring (bicyclic) bond motifs is 1. The van der Waals surface area contributed by atoms with Gasteiger partial charge in [0.15, 0.2) is 0 Å². The summed E-state index contributed by atoms with van der Waals surface area (Å²) in [6.45, 7) is 4.80. The molecule has 0 saturated carbocycles. The minimum absolute atomic E-state index is 0.149. The molecule has 1 aromatic heterocycles. The van der Waals surface area contributed by atoms with Gasteiger partial charge in [-0.25, -0.2) is 4.98 Å². The van der Waals surface area contributed by atoms with E-state index in [4.69, 9.17) is 32.7 Å². The summed E-state index contributed by atoms with van der Waals surface area (Å²) >= 11 is 11.7. The molecule has 2 heterocycles. The topological polar surface area (TPSA) is 60.5 Å². The van der Waals surface area contributed by atoms with Crippen molar-refractivity contribution >= 4 is 29.1 Å². The SMILES string of the molecule is CCOc1cc2c(cc1CNC(=O)c1cc(Cl)nc(Cl)c1)O[C@H](C)C2. The van der Waals surface area contributed by atoms with Crippen LogP contribution in [0.5, 0.6) is 11.5 Å². The monoisotopic (exact) mass is 380 g/mol. The van der Waals surface area contributed by atoms with E-state index >= 15 is 0 Å². The van der Waals surface area contributed by atoms with E-state index in [1.807, 2.05) is 26.0 Å². The van der Waals surface area contributed by atoms with Gasteiger partial charge in [0.1, 0.15) is 27.9 Å². The third kappa shape index (κ3) is 4.17. The predicted octanol–water partition coefficient (Wildman–Crippen LogP) is 4.04. The van der Waals surface area contributed by atoms with Crippen molar-refractivity contribution in [2.24, 2.45) is 0 Å². The van der Waals surface area contributed by atoms with E-state index < -0.39 is 0 Å². The molecule has 0 spiro atoms. The summed E-state index contributed by atoms with van der Waals surface area (Å²) in [6, 6.07) is 6.86. The van der Waals surface area contributed by atoms with Gasteiger partial charge in [-0.3, -0.25) is 4.79 Å². The van der Waals surface area contributed by atoms with E-state index in [1.165, 1.54) is 12.1 Å². The van der Waals surface area contributed by atoms with E-state index in [1.54, 1.807) is 0 Å². The Morgan fingerprint density at radius 2 is 2.04 bits per heavy atom. The van der Waals surface area contributed by atoms with Crippen molar-refractivity contribution in [1.29, 1.82) is 0 Å². The van der Waals surface area contributed by atoms with E-state index in [2.05, 4.69) is 10.3 Å². The van der Waals surface area contributed by atoms with Gasteiger partial charge in [-0.2, -0.15) is 0 Å². The number of rotatable bonds is 5. The van der Waals surface area contributed by atoms with Gasteiger partial charge in [0.2, 0.25) is 0 Å². The smallest absolute Gasteiger partial charge is 0.251 e. The fourth-order valence-electron chi connectivity index (χ4n) is 2.78. The largest absolute Gasteiger partial charge is 0.494 e. The summed E-state index contributed by atoms with van der Waals surface area (Å²) < 4.78 is 11.5. The molecular formula is C18H18Cl2N2O3. The van der Waals surface area contributed by atoms with Crippen LogP contribution in [0.25, 0.3) is 0 Å². The van der Waals surface area contributed by atoms with Gasteiger partial charge in [0.05, 0.1) is 6.61 Å². The fraction of sp³-hybridized carbons (Fsp3) is 0.333. The number of nitrogens with zero attached hydrogens (tertiary/aromatic N) is 1. The third-order valence-corrected chi connectivity index (χ3v) is 4.23. The second-order valence-corrected chi connectivity index (χ2v) is 6.59. The van der Waals surface area contributed by atoms with E-state index in [0.717, 1.165) is 29.0 Å². The second-order valence-electron chi connectivity index (χ2n) is 5.82. The van der Waals surface area contributed by atoms with Crippen LogP contribution in [0.1, 0.15) is 35.3 Å². The van der Waals surface area contributed by atoms with Crippen molar-refractivity contribution in [1.82, 2.24) is 10.3 Å². The molecule has 1 amide bonds. The van der Waals surface area contributed by atoms with Crippen molar-refractivity contribution < 1.29 is 14.3 Å². The van der Waals surface area contributed by atoms with Crippen molar-refractivity contribution in [3.05, 3.63) is 51.3 Å². The Balaban J connectivity index is 1.78. The molecule has 0 bridgehead atoms. The quantitative estimate of drug-likeness (QED) is 0.795. The van der Waals surface area contributed by atoms with Crippen molar-refractivity contribution in [3.63, 3.8) is 0 Å². The van der Waals surface area contributed by atoms with Gasteiger partial charge >= 0.3 is 0 Å². The number of halogens is 2. The first-order valence-electron chi connectivity index (χ1n) is 8.02. The molecule has 1 N–H and O–H groups in total. The molecule has 132 valence electrons. The first kappa shape index (κ1) is 17.8. The molecule has 3 rings (SSSR count). The number of ether oxygens (including phenoxy) is 2. The van der Waals surface area contributed by atoms with Gasteiger partial charge in [-0.05, 0) is 38.1 Å². The van der Waals surface area contributed by atoms with Crippen LogP contribution in [-0.2, 0) is 13.0 Å². The maximum Gasteiger partial charge on any atom is 0.251 e. The first-order chi connectivity index (χ1) is 12.0. The number of nitrogens with one attached hydrogen (secondary N) is 1. The summed E-state index contributed by atoms with van der Waals surface area (Å²) in [4.78, 5) is 16.2. The van der Waals surface area contributed by atoms with E-state index in [9.17, 15) is 4.79 Å². The third-order valence-electron chi connectivity index (χ3n) is 3.84. The van der Waals surface area contributed by atoms with Crippen LogP contribution in [0.4, 0.5) is 0 Å². The summed E-state index contributed by atoms with van der Waals surface area (Å²) in [5.41, 5.74) is 2.34. The van der Waals surface area contributed by atoms with Crippen LogP contribution in [0.3, 0.4) is 0 Å². The second kappa shape index (κ2) is 7.50. The standard InChI is InChI=1S/C18H18Cl2N2O3/c1-3-24-14-5-11-4-10(2)25-15(11)6-13(14)9-21-18(23)12-7-16(19)22-17(20)8-12/h5-8,10H,3-4,9H2,1-2H3,(H,21,23)/t10-/m1/s1. The summed E-state index contributed by atoms with van der Waals surface area (Å²) in [6.07, 6.45) is 1.01. The highest BCUT2D eigenvalue weighted by molar-refractivity contribution is 6.33. The van der Waals surface area contributed by atoms with Crippen molar-refractivity contribution in [2.45, 2.75) is 32.9 Å². The fourth-order valence-corrected chi connectivity index (χ4v) is 3.24. The molecule has 0 saturated heterocycles. The van der Waals surface area contributed by atoms with Gasteiger partial charge in [-0.1, -0.05) is 23.2 Å². The van der Waals surface area contributed by atoms with Crippen LogP contribution in [-0.4, -0.2) is 23.6 Å². The predicted molar refractivity (Wildman–Crippen MR) is 96.8 cm³/mol. The molecule has 0 aliphatic carbocycles. The molecule has 0 radical (unpaired) electrons. The van der Waals surface area contributed by atoms with Crippen LogP contribution in [0, 0.1) is 0 Å². The molecule has 2 aromatic rings. The zero-order valence-electron chi connectivity index (χ0n) is 13.9. The summed E-state index contributed by atoms with van der Waals surface area (Å²) in [7, 11) is 0. The van der Waals surface area contributed by atoms with Gasteiger partial charge in [0.25, 0.3) is 5.91 Å². The van der Waals surface area contributed by atoms with Crippen LogP contribution >= 0.6 is 23.2 Å². The Labute approximate surface area is 156 Å². The number of pyridine rings is 1. The van der Waals surface area contributed by atoms with Gasteiger partial charge < -0.3 is 14.8 Å². The Morgan fingerprint density at radius 3 is 2.72 bits per heavy atom. The zero-order valence-corrected chi connectivity index (χ0v) is 15.4. The number of hydrogen-bond donors (Lipinski definition) is 1. The molecule has 5 nitrogen and oxygen atoms in total. The van der Waals surface area contributed by atoms with Crippen LogP contribution in [0.15, 0.2) is 24.3 Å². The highest BCUT2D eigenvalue weighted by Gasteiger charge is 2.22. The molecule has 1 atom stereocenters. The Bertz CT molecular complexity index is 791. The minimum atomic E-state index is -0.288. The molecular weight excluding hydrogens is 363 g/mol. The summed E-state index contributed by atoms with van der Waals surface area (Å²) in [5.74, 6) is 1.31. The maximum absolute atomic E-state index is 12.3.